The molecule has 0 aliphatic rings. The van der Waals surface area contributed by atoms with Gasteiger partial charge in [0.25, 0.3) is 0 Å². The summed E-state index contributed by atoms with van der Waals surface area (Å²) in [6.45, 7) is 4.22. The van der Waals surface area contributed by atoms with Crippen molar-refractivity contribution in [3.8, 4) is 0 Å². The number of hydrogen-bond donors (Lipinski definition) is 1. The quantitative estimate of drug-likeness (QED) is 0.0211. The van der Waals surface area contributed by atoms with Gasteiger partial charge in [-0.25, -0.2) is 4.57 Å². The zero-order valence-electron chi connectivity index (χ0n) is 58.8. The predicted octanol–water partition coefficient (Wildman–Crippen LogP) is 24.4. The summed E-state index contributed by atoms with van der Waals surface area (Å²) in [5.74, 6) is -0.800. The van der Waals surface area contributed by atoms with E-state index in [9.17, 15) is 19.0 Å². The molecule has 0 saturated carbocycles. The van der Waals surface area contributed by atoms with Crippen LogP contribution in [0.15, 0.2) is 134 Å². The number of phosphoric ester groups is 1. The number of nitrogens with zero attached hydrogens (tertiary/aromatic N) is 1. The van der Waals surface area contributed by atoms with Crippen LogP contribution in [0, 0.1) is 0 Å². The van der Waals surface area contributed by atoms with Crippen LogP contribution in [-0.2, 0) is 32.7 Å². The van der Waals surface area contributed by atoms with Crippen LogP contribution in [0.3, 0.4) is 0 Å². The third kappa shape index (κ3) is 73.2. The SMILES string of the molecule is CC/C=C\C/C=C\C/C=C\C/C=C\C/C=C\C/C=C\C/C=C\CCCCCCCCCCCC(=O)OC(COC(=O)CCCCCCCCCCCCCCCCCCCCCCCC/C=C\C/C=C\C/C=C\C/C=C\CC)COP(=O)(O)OCC[N+](C)(C)C. The molecular formula is C80H139NO8P+. The standard InChI is InChI=1S/C80H138NO8P/c1-6-8-10-12-14-16-18-20-22-24-26-28-30-32-34-36-38-39-40-41-43-44-46-48-50-52-54-56-58-60-62-64-66-68-70-72-79(82)86-76-78(77-88-90(84,85)87-75-74-81(3,4)5)89-80(83)73-71-69-67-65-63-61-59-57-55-53-51-49-47-45-42-37-35-33-31-29-27-25-23-21-19-17-15-13-11-9-7-2/h8-11,14-17,20-23,26-29,33,35,42,45,49,51,78H,6-7,12-13,18-19,24-25,30-32,34,36-41,43-44,46-48,50,52-77H2,1-5H3/p+1/b10-8-,11-9-,16-14-,17-15-,22-20-,23-21-,28-26-,29-27-,35-33-,45-42-,51-49-. The largest absolute Gasteiger partial charge is 0.472 e. The molecule has 0 fully saturated rings. The fourth-order valence-electron chi connectivity index (χ4n) is 10.1. The van der Waals surface area contributed by atoms with E-state index in [1.165, 1.54) is 161 Å². The van der Waals surface area contributed by atoms with Crippen molar-refractivity contribution in [2.75, 3.05) is 47.5 Å². The second-order valence-electron chi connectivity index (χ2n) is 25.6. The van der Waals surface area contributed by atoms with E-state index in [0.29, 0.717) is 17.4 Å². The summed E-state index contributed by atoms with van der Waals surface area (Å²) < 4.78 is 34.8. The lowest BCUT2D eigenvalue weighted by Gasteiger charge is -2.24. The average Bonchev–Trinajstić information content (AvgIpc) is 3.58. The molecule has 0 aromatic carbocycles. The second kappa shape index (κ2) is 69.5. The fraction of sp³-hybridized carbons (Fsp3) is 0.700. The van der Waals surface area contributed by atoms with Crippen molar-refractivity contribution in [3.63, 3.8) is 0 Å². The highest BCUT2D eigenvalue weighted by Gasteiger charge is 2.27. The molecule has 0 aromatic rings. The first-order chi connectivity index (χ1) is 44.0. The number of carbonyl (C=O) groups excluding carboxylic acids is 2. The van der Waals surface area contributed by atoms with Crippen LogP contribution in [0.25, 0.3) is 0 Å². The first-order valence-corrected chi connectivity index (χ1v) is 38.4. The van der Waals surface area contributed by atoms with Crippen molar-refractivity contribution in [3.05, 3.63) is 134 Å². The van der Waals surface area contributed by atoms with Crippen LogP contribution < -0.4 is 0 Å². The number of unbranched alkanes of at least 4 members (excludes halogenated alkanes) is 31. The Kier molecular flexibility index (Phi) is 66.5. The van der Waals surface area contributed by atoms with Crippen LogP contribution in [0.4, 0.5) is 0 Å². The first kappa shape index (κ1) is 86.2. The van der Waals surface area contributed by atoms with Gasteiger partial charge in [-0.15, -0.1) is 0 Å². The molecule has 0 saturated heterocycles. The Hall–Kier alpha value is -3.85. The third-order valence-electron chi connectivity index (χ3n) is 15.7. The zero-order chi connectivity index (χ0) is 65.5. The molecule has 0 rings (SSSR count). The molecule has 0 heterocycles. The number of quaternary nitrogens is 1. The van der Waals surface area contributed by atoms with E-state index < -0.39 is 26.5 Å². The Labute approximate surface area is 555 Å². The van der Waals surface area contributed by atoms with Gasteiger partial charge in [0.15, 0.2) is 6.10 Å². The van der Waals surface area contributed by atoms with Crippen molar-refractivity contribution >= 4 is 19.8 Å². The van der Waals surface area contributed by atoms with E-state index in [4.69, 9.17) is 18.5 Å². The maximum Gasteiger partial charge on any atom is 0.472 e. The Balaban J connectivity index is 4.03. The van der Waals surface area contributed by atoms with Gasteiger partial charge in [0.2, 0.25) is 0 Å². The van der Waals surface area contributed by atoms with Crippen LogP contribution in [-0.4, -0.2) is 74.9 Å². The average molecular weight is 1270 g/mol. The molecular weight excluding hydrogens is 1130 g/mol. The third-order valence-corrected chi connectivity index (χ3v) is 16.7. The molecule has 0 radical (unpaired) electrons. The maximum absolute atomic E-state index is 12.9. The Morgan fingerprint density at radius 1 is 0.344 bits per heavy atom. The highest BCUT2D eigenvalue weighted by Crippen LogP contribution is 2.43. The molecule has 0 bridgehead atoms. The molecule has 0 aliphatic heterocycles. The highest BCUT2D eigenvalue weighted by atomic mass is 31.2. The van der Waals surface area contributed by atoms with Gasteiger partial charge >= 0.3 is 19.8 Å². The monoisotopic (exact) mass is 1270 g/mol. The normalized spacial score (nSPS) is 13.9. The van der Waals surface area contributed by atoms with Gasteiger partial charge in [-0.1, -0.05) is 321 Å². The van der Waals surface area contributed by atoms with Gasteiger partial charge in [-0.05, 0) is 109 Å². The molecule has 0 aromatic heterocycles. The summed E-state index contributed by atoms with van der Waals surface area (Å²) in [5.41, 5.74) is 0. The molecule has 9 nitrogen and oxygen atoms in total. The number of rotatable bonds is 67. The Morgan fingerprint density at radius 3 is 0.889 bits per heavy atom. The van der Waals surface area contributed by atoms with Crippen LogP contribution >= 0.6 is 7.82 Å². The zero-order valence-corrected chi connectivity index (χ0v) is 59.7. The smallest absolute Gasteiger partial charge is 0.462 e. The van der Waals surface area contributed by atoms with Crippen molar-refractivity contribution in [2.45, 2.75) is 315 Å². The van der Waals surface area contributed by atoms with Crippen molar-refractivity contribution < 1.29 is 42.1 Å². The topological polar surface area (TPSA) is 108 Å². The molecule has 0 spiro atoms. The van der Waals surface area contributed by atoms with Crippen LogP contribution in [0.1, 0.15) is 309 Å². The summed E-state index contributed by atoms with van der Waals surface area (Å²) >= 11 is 0. The fourth-order valence-corrected chi connectivity index (χ4v) is 10.8. The molecule has 10 heteroatoms. The van der Waals surface area contributed by atoms with Gasteiger partial charge in [-0.2, -0.15) is 0 Å². The summed E-state index contributed by atoms with van der Waals surface area (Å²) in [7, 11) is 1.47. The molecule has 516 valence electrons. The van der Waals surface area contributed by atoms with E-state index >= 15 is 0 Å². The number of ether oxygens (including phenoxy) is 2. The minimum absolute atomic E-state index is 0.0260. The van der Waals surface area contributed by atoms with Gasteiger partial charge in [-0.3, -0.25) is 18.6 Å². The Morgan fingerprint density at radius 2 is 0.600 bits per heavy atom. The summed E-state index contributed by atoms with van der Waals surface area (Å²) in [6, 6.07) is 0. The minimum Gasteiger partial charge on any atom is -0.462 e. The number of carbonyl (C=O) groups is 2. The first-order valence-electron chi connectivity index (χ1n) is 36.9. The molecule has 0 aliphatic carbocycles. The summed E-state index contributed by atoms with van der Waals surface area (Å²) in [6.07, 6.45) is 101. The summed E-state index contributed by atoms with van der Waals surface area (Å²) in [4.78, 5) is 35.9. The van der Waals surface area contributed by atoms with Crippen molar-refractivity contribution in [1.82, 2.24) is 0 Å². The van der Waals surface area contributed by atoms with Gasteiger partial charge in [0.05, 0.1) is 27.7 Å². The lowest BCUT2D eigenvalue weighted by atomic mass is 10.0. The number of hydrogen-bond acceptors (Lipinski definition) is 7. The van der Waals surface area contributed by atoms with E-state index in [1.54, 1.807) is 0 Å². The molecule has 2 unspecified atom stereocenters. The van der Waals surface area contributed by atoms with E-state index in [-0.39, 0.29) is 32.0 Å². The molecule has 2 atom stereocenters. The van der Waals surface area contributed by atoms with E-state index in [2.05, 4.69) is 148 Å². The maximum atomic E-state index is 12.9. The number of phosphoric acid groups is 1. The van der Waals surface area contributed by atoms with Crippen molar-refractivity contribution in [1.29, 1.82) is 0 Å². The number of likely N-dealkylation sites (N-methyl/N-ethyl adjacent to an activating group) is 1. The van der Waals surface area contributed by atoms with Crippen LogP contribution in [0.2, 0.25) is 0 Å². The lowest BCUT2D eigenvalue weighted by Crippen LogP contribution is -2.37. The van der Waals surface area contributed by atoms with Crippen molar-refractivity contribution in [2.24, 2.45) is 0 Å². The highest BCUT2D eigenvalue weighted by molar-refractivity contribution is 7.47. The lowest BCUT2D eigenvalue weighted by molar-refractivity contribution is -0.870. The second-order valence-corrected chi connectivity index (χ2v) is 27.0. The predicted molar refractivity (Wildman–Crippen MR) is 390 cm³/mol. The van der Waals surface area contributed by atoms with Crippen LogP contribution in [0.5, 0.6) is 0 Å². The van der Waals surface area contributed by atoms with Gasteiger partial charge in [0.1, 0.15) is 19.8 Å². The van der Waals surface area contributed by atoms with E-state index in [0.717, 1.165) is 116 Å². The summed E-state index contributed by atoms with van der Waals surface area (Å²) in [5, 5.41) is 0. The Bertz CT molecular complexity index is 1980. The van der Waals surface area contributed by atoms with Gasteiger partial charge in [0, 0.05) is 12.8 Å². The molecule has 90 heavy (non-hydrogen) atoms. The van der Waals surface area contributed by atoms with Gasteiger partial charge < -0.3 is 18.9 Å². The van der Waals surface area contributed by atoms with E-state index in [1.807, 2.05) is 21.1 Å². The number of allylic oxidation sites excluding steroid dienone is 22. The molecule has 1 N–H and O–H groups in total. The minimum atomic E-state index is -4.40. The molecule has 0 amide bonds. The number of esters is 2.